The number of nitrogens with zero attached hydrogens (tertiary/aromatic N) is 2. The minimum Gasteiger partial charge on any atom is -0.373 e. The van der Waals surface area contributed by atoms with Crippen molar-refractivity contribution in [2.45, 2.75) is 32.6 Å². The van der Waals surface area contributed by atoms with Crippen molar-refractivity contribution in [2.24, 2.45) is 0 Å². The summed E-state index contributed by atoms with van der Waals surface area (Å²) in [4.78, 5) is 4.44. The Hall–Kier alpha value is -1.06. The second-order valence-electron chi connectivity index (χ2n) is 5.48. The number of ether oxygens (including phenoxy) is 1. The zero-order valence-corrected chi connectivity index (χ0v) is 14.2. The first-order valence-corrected chi connectivity index (χ1v) is 9.44. The lowest BCUT2D eigenvalue weighted by molar-refractivity contribution is -0.0444. The molecule has 3 rings (SSSR count). The second-order valence-corrected chi connectivity index (χ2v) is 8.35. The molecule has 1 N–H and O–H groups in total. The Bertz CT molecular complexity index is 717. The molecule has 0 aliphatic carbocycles. The number of para-hydroxylation sites is 1. The van der Waals surface area contributed by atoms with Crippen molar-refractivity contribution in [3.63, 3.8) is 0 Å². The Morgan fingerprint density at radius 1 is 1.32 bits per heavy atom. The number of thiazole rings is 1. The molecule has 1 saturated heterocycles. The molecule has 8 heteroatoms. The number of fused-ring (bicyclic) bond motifs is 1. The van der Waals surface area contributed by atoms with Gasteiger partial charge >= 0.3 is 0 Å². The largest absolute Gasteiger partial charge is 0.373 e. The maximum atomic E-state index is 12.4. The number of aromatic nitrogens is 1. The van der Waals surface area contributed by atoms with Gasteiger partial charge in [-0.3, -0.25) is 0 Å². The van der Waals surface area contributed by atoms with Crippen LogP contribution in [-0.4, -0.2) is 43.0 Å². The number of benzene rings is 1. The van der Waals surface area contributed by atoms with Crippen LogP contribution in [0.25, 0.3) is 10.2 Å². The van der Waals surface area contributed by atoms with Gasteiger partial charge in [0.05, 0.1) is 29.0 Å². The maximum absolute atomic E-state index is 12.4. The quantitative estimate of drug-likeness (QED) is 0.919. The molecule has 0 amide bonds. The van der Waals surface area contributed by atoms with Crippen LogP contribution in [0.15, 0.2) is 24.3 Å². The second kappa shape index (κ2) is 6.21. The van der Waals surface area contributed by atoms with E-state index < -0.39 is 10.2 Å². The molecule has 6 nitrogen and oxygen atoms in total. The summed E-state index contributed by atoms with van der Waals surface area (Å²) in [7, 11) is -3.51. The van der Waals surface area contributed by atoms with Crippen molar-refractivity contribution in [3.05, 3.63) is 29.3 Å². The van der Waals surface area contributed by atoms with E-state index in [9.17, 15) is 8.42 Å². The molecule has 2 atom stereocenters. The van der Waals surface area contributed by atoms with E-state index in [1.807, 2.05) is 38.1 Å². The van der Waals surface area contributed by atoms with Crippen molar-refractivity contribution in [1.29, 1.82) is 0 Å². The van der Waals surface area contributed by atoms with E-state index in [4.69, 9.17) is 4.74 Å². The fourth-order valence-corrected chi connectivity index (χ4v) is 4.88. The molecule has 0 saturated carbocycles. The highest BCUT2D eigenvalue weighted by Gasteiger charge is 2.30. The minimum absolute atomic E-state index is 0.0947. The Morgan fingerprint density at radius 2 is 2.00 bits per heavy atom. The van der Waals surface area contributed by atoms with Crippen molar-refractivity contribution in [1.82, 2.24) is 14.0 Å². The maximum Gasteiger partial charge on any atom is 0.280 e. The van der Waals surface area contributed by atoms with Crippen LogP contribution in [0.3, 0.4) is 0 Å². The van der Waals surface area contributed by atoms with Crippen LogP contribution in [0.5, 0.6) is 0 Å². The molecule has 1 aromatic heterocycles. The highest BCUT2D eigenvalue weighted by atomic mass is 32.2. The summed E-state index contributed by atoms with van der Waals surface area (Å²) < 4.78 is 35.5. The summed E-state index contributed by atoms with van der Waals surface area (Å²) in [6.07, 6.45) is -0.189. The van der Waals surface area contributed by atoms with Gasteiger partial charge in [-0.1, -0.05) is 12.1 Å². The highest BCUT2D eigenvalue weighted by molar-refractivity contribution is 7.87. The van der Waals surface area contributed by atoms with Gasteiger partial charge in [0.25, 0.3) is 10.2 Å². The summed E-state index contributed by atoms with van der Waals surface area (Å²) in [5.74, 6) is 0. The van der Waals surface area contributed by atoms with E-state index in [0.717, 1.165) is 15.2 Å². The van der Waals surface area contributed by atoms with Crippen LogP contribution in [0.4, 0.5) is 0 Å². The van der Waals surface area contributed by atoms with Gasteiger partial charge in [-0.2, -0.15) is 17.4 Å². The van der Waals surface area contributed by atoms with E-state index in [2.05, 4.69) is 9.71 Å². The molecule has 1 aliphatic heterocycles. The number of morpholine rings is 1. The molecular formula is C14H19N3O3S2. The van der Waals surface area contributed by atoms with E-state index in [0.29, 0.717) is 13.1 Å². The van der Waals surface area contributed by atoms with Gasteiger partial charge in [-0.15, -0.1) is 11.3 Å². The number of nitrogens with one attached hydrogen (secondary N) is 1. The van der Waals surface area contributed by atoms with Crippen LogP contribution >= 0.6 is 11.3 Å². The first-order valence-electron chi connectivity index (χ1n) is 7.19. The van der Waals surface area contributed by atoms with Gasteiger partial charge < -0.3 is 4.74 Å². The third-order valence-corrected chi connectivity index (χ3v) is 5.99. The lowest BCUT2D eigenvalue weighted by Gasteiger charge is -2.34. The van der Waals surface area contributed by atoms with Gasteiger partial charge in [0.15, 0.2) is 0 Å². The van der Waals surface area contributed by atoms with Gasteiger partial charge in [0, 0.05) is 13.1 Å². The molecule has 1 aromatic carbocycles. The SMILES string of the molecule is C[C@@H]1CN(S(=O)(=O)NCc2nc3ccccc3s2)C[C@H](C)O1. The summed E-state index contributed by atoms with van der Waals surface area (Å²) in [5, 5.41) is 0.763. The monoisotopic (exact) mass is 341 g/mol. The van der Waals surface area contributed by atoms with Gasteiger partial charge in [0.1, 0.15) is 5.01 Å². The first kappa shape index (κ1) is 15.8. The molecule has 1 fully saturated rings. The van der Waals surface area contributed by atoms with Gasteiger partial charge in [-0.25, -0.2) is 4.98 Å². The molecule has 2 aromatic rings. The Kier molecular flexibility index (Phi) is 4.47. The molecule has 0 unspecified atom stereocenters. The zero-order chi connectivity index (χ0) is 15.7. The van der Waals surface area contributed by atoms with Crippen LogP contribution in [0, 0.1) is 0 Å². The molecule has 22 heavy (non-hydrogen) atoms. The third kappa shape index (κ3) is 3.47. The van der Waals surface area contributed by atoms with E-state index in [-0.39, 0.29) is 18.8 Å². The Labute approximate surface area is 134 Å². The molecule has 0 spiro atoms. The van der Waals surface area contributed by atoms with E-state index in [1.165, 1.54) is 15.6 Å². The average molecular weight is 341 g/mol. The first-order chi connectivity index (χ1) is 10.4. The van der Waals surface area contributed by atoms with E-state index in [1.54, 1.807) is 0 Å². The Morgan fingerprint density at radius 3 is 2.68 bits per heavy atom. The number of hydrogen-bond acceptors (Lipinski definition) is 5. The summed E-state index contributed by atoms with van der Waals surface area (Å²) in [5.41, 5.74) is 0.898. The predicted molar refractivity (Wildman–Crippen MR) is 87.0 cm³/mol. The molecule has 1 aliphatic rings. The zero-order valence-electron chi connectivity index (χ0n) is 12.5. The highest BCUT2D eigenvalue weighted by Crippen LogP contribution is 2.21. The molecule has 2 heterocycles. The van der Waals surface area contributed by atoms with Gasteiger partial charge in [0.2, 0.25) is 0 Å². The van der Waals surface area contributed by atoms with Gasteiger partial charge in [-0.05, 0) is 26.0 Å². The summed E-state index contributed by atoms with van der Waals surface area (Å²) >= 11 is 1.50. The third-order valence-electron chi connectivity index (χ3n) is 3.47. The average Bonchev–Trinajstić information content (AvgIpc) is 2.87. The Balaban J connectivity index is 1.69. The van der Waals surface area contributed by atoms with Crippen molar-refractivity contribution >= 4 is 31.8 Å². The molecule has 0 radical (unpaired) electrons. The van der Waals surface area contributed by atoms with E-state index >= 15 is 0 Å². The molecule has 120 valence electrons. The van der Waals surface area contributed by atoms with Crippen LogP contribution in [0.1, 0.15) is 18.9 Å². The smallest absolute Gasteiger partial charge is 0.280 e. The van der Waals surface area contributed by atoms with Crippen LogP contribution in [-0.2, 0) is 21.5 Å². The van der Waals surface area contributed by atoms with Crippen LogP contribution < -0.4 is 4.72 Å². The number of rotatable bonds is 4. The van der Waals surface area contributed by atoms with Crippen molar-refractivity contribution < 1.29 is 13.2 Å². The normalized spacial score (nSPS) is 23.9. The number of hydrogen-bond donors (Lipinski definition) is 1. The van der Waals surface area contributed by atoms with Crippen LogP contribution in [0.2, 0.25) is 0 Å². The fourth-order valence-electron chi connectivity index (χ4n) is 2.57. The summed E-state index contributed by atoms with van der Waals surface area (Å²) in [6, 6.07) is 7.78. The van der Waals surface area contributed by atoms with Crippen molar-refractivity contribution in [2.75, 3.05) is 13.1 Å². The van der Waals surface area contributed by atoms with Crippen molar-refractivity contribution in [3.8, 4) is 0 Å². The topological polar surface area (TPSA) is 71.5 Å². The minimum atomic E-state index is -3.51. The molecule has 0 bridgehead atoms. The molecular weight excluding hydrogens is 322 g/mol. The lowest BCUT2D eigenvalue weighted by Crippen LogP contribution is -2.51. The standard InChI is InChI=1S/C14H19N3O3S2/c1-10-8-17(9-11(2)20-10)22(18,19)15-7-14-16-12-5-3-4-6-13(12)21-14/h3-6,10-11,15H,7-9H2,1-2H3/t10-,11+. The predicted octanol–water partition coefficient (Wildman–Crippen LogP) is 1.74. The summed E-state index contributed by atoms with van der Waals surface area (Å²) in [6.45, 7) is 4.72. The fraction of sp³-hybridized carbons (Fsp3) is 0.500. The lowest BCUT2D eigenvalue weighted by atomic mass is 10.3.